The number of aliphatic hydroxyl groups is 1. The maximum Gasteiger partial charge on any atom is 0.223 e. The van der Waals surface area contributed by atoms with Crippen LogP contribution in [0.5, 0.6) is 5.75 Å². The van der Waals surface area contributed by atoms with Crippen LogP contribution in [0, 0.1) is 18.3 Å². The van der Waals surface area contributed by atoms with Crippen LogP contribution in [0.1, 0.15) is 12.0 Å². The monoisotopic (exact) mass is 406 g/mol. The third kappa shape index (κ3) is 4.25. The van der Waals surface area contributed by atoms with Gasteiger partial charge in [-0.2, -0.15) is 10.4 Å². The zero-order valence-electron chi connectivity index (χ0n) is 16.5. The van der Waals surface area contributed by atoms with E-state index in [-0.39, 0.29) is 18.4 Å². The van der Waals surface area contributed by atoms with E-state index in [9.17, 15) is 10.2 Å². The molecule has 3 heterocycles. The number of anilines is 1. The van der Waals surface area contributed by atoms with Gasteiger partial charge in [0.1, 0.15) is 11.4 Å². The van der Waals surface area contributed by atoms with Crippen molar-refractivity contribution in [2.75, 3.05) is 18.5 Å². The second-order valence-electron chi connectivity index (χ2n) is 7.24. The van der Waals surface area contributed by atoms with Crippen LogP contribution in [0.15, 0.2) is 36.7 Å². The molecule has 1 aliphatic heterocycles. The Kier molecular flexibility index (Phi) is 5.61. The van der Waals surface area contributed by atoms with Gasteiger partial charge in [-0.25, -0.2) is 9.97 Å². The molecular weight excluding hydrogens is 384 g/mol. The number of aliphatic hydroxyl groups excluding tert-OH is 1. The quantitative estimate of drug-likeness (QED) is 0.568. The summed E-state index contributed by atoms with van der Waals surface area (Å²) in [5.74, 6) is 0.535. The van der Waals surface area contributed by atoms with Crippen LogP contribution in [-0.2, 0) is 11.3 Å². The number of aromatic hydroxyl groups is 1. The van der Waals surface area contributed by atoms with Gasteiger partial charge in [-0.1, -0.05) is 0 Å². The van der Waals surface area contributed by atoms with Crippen molar-refractivity contribution >= 4 is 5.95 Å². The van der Waals surface area contributed by atoms with Crippen molar-refractivity contribution in [3.63, 3.8) is 0 Å². The Morgan fingerprint density at radius 3 is 2.93 bits per heavy atom. The molecule has 154 valence electrons. The predicted molar refractivity (Wildman–Crippen MR) is 110 cm³/mol. The van der Waals surface area contributed by atoms with E-state index in [1.54, 1.807) is 29.1 Å². The molecule has 2 atom stereocenters. The van der Waals surface area contributed by atoms with Crippen molar-refractivity contribution in [2.45, 2.75) is 32.0 Å². The first-order chi connectivity index (χ1) is 14.5. The van der Waals surface area contributed by atoms with Crippen LogP contribution in [0.3, 0.4) is 0 Å². The average Bonchev–Trinajstić information content (AvgIpc) is 3.32. The summed E-state index contributed by atoms with van der Waals surface area (Å²) in [5, 5.41) is 36.7. The molecule has 0 unspecified atom stereocenters. The van der Waals surface area contributed by atoms with Gasteiger partial charge in [-0.15, -0.1) is 0 Å². The van der Waals surface area contributed by atoms with Gasteiger partial charge in [0.15, 0.2) is 0 Å². The van der Waals surface area contributed by atoms with Crippen molar-refractivity contribution in [1.82, 2.24) is 19.7 Å². The highest BCUT2D eigenvalue weighted by molar-refractivity contribution is 5.79. The highest BCUT2D eigenvalue weighted by atomic mass is 16.5. The highest BCUT2D eigenvalue weighted by Gasteiger charge is 2.27. The maximum absolute atomic E-state index is 10.0. The number of aromatic nitrogens is 4. The number of aryl methyl sites for hydroxylation is 2. The standard InChI is InChI=1S/C21H22N6O3/c1-13-7-14(9-15(28)8-13)20-16(10-27(26-20)6-2-4-22)17-3-5-23-21(24-17)25-18-11-30-12-19(18)29/h3,5,7-10,18-19,28-29H,2,6,11-12H2,1H3,(H,23,24,25)/t18-,19-/m0/s1. The first kappa shape index (κ1) is 19.8. The number of benzene rings is 1. The van der Waals surface area contributed by atoms with Crippen molar-refractivity contribution in [3.05, 3.63) is 42.2 Å². The highest BCUT2D eigenvalue weighted by Crippen LogP contribution is 2.33. The average molecular weight is 406 g/mol. The number of rotatable bonds is 6. The molecule has 1 fully saturated rings. The lowest BCUT2D eigenvalue weighted by Crippen LogP contribution is -2.32. The van der Waals surface area contributed by atoms with E-state index in [1.807, 2.05) is 19.2 Å². The zero-order valence-corrected chi connectivity index (χ0v) is 16.5. The Morgan fingerprint density at radius 2 is 2.20 bits per heavy atom. The number of hydrogen-bond acceptors (Lipinski definition) is 8. The van der Waals surface area contributed by atoms with E-state index in [0.29, 0.717) is 36.9 Å². The van der Waals surface area contributed by atoms with Crippen LogP contribution in [0.25, 0.3) is 22.5 Å². The molecule has 0 saturated carbocycles. The summed E-state index contributed by atoms with van der Waals surface area (Å²) in [4.78, 5) is 8.85. The van der Waals surface area contributed by atoms with Gasteiger partial charge < -0.3 is 20.3 Å². The fraction of sp³-hybridized carbons (Fsp3) is 0.333. The molecule has 9 heteroatoms. The minimum atomic E-state index is -0.614. The van der Waals surface area contributed by atoms with E-state index < -0.39 is 6.10 Å². The molecule has 1 aromatic carbocycles. The molecule has 1 saturated heterocycles. The molecule has 0 amide bonds. The van der Waals surface area contributed by atoms with Gasteiger partial charge >= 0.3 is 0 Å². The predicted octanol–water partition coefficient (Wildman–Crippen LogP) is 2.11. The van der Waals surface area contributed by atoms with Crippen LogP contribution < -0.4 is 5.32 Å². The Balaban J connectivity index is 1.73. The third-order valence-electron chi connectivity index (χ3n) is 4.85. The van der Waals surface area contributed by atoms with E-state index >= 15 is 0 Å². The number of phenolic OH excluding ortho intramolecular Hbond substituents is 1. The number of phenols is 1. The van der Waals surface area contributed by atoms with Crippen molar-refractivity contribution < 1.29 is 14.9 Å². The molecule has 0 aliphatic carbocycles. The lowest BCUT2D eigenvalue weighted by Gasteiger charge is -2.14. The largest absolute Gasteiger partial charge is 0.508 e. The number of ether oxygens (including phenoxy) is 1. The van der Waals surface area contributed by atoms with Crippen LogP contribution >= 0.6 is 0 Å². The molecule has 30 heavy (non-hydrogen) atoms. The Labute approximate surface area is 173 Å². The fourth-order valence-corrected chi connectivity index (χ4v) is 3.43. The molecule has 3 aromatic rings. The minimum Gasteiger partial charge on any atom is -0.508 e. The van der Waals surface area contributed by atoms with Crippen molar-refractivity contribution in [1.29, 1.82) is 5.26 Å². The number of nitrogens with zero attached hydrogens (tertiary/aromatic N) is 5. The van der Waals surface area contributed by atoms with E-state index in [0.717, 1.165) is 16.7 Å². The SMILES string of the molecule is Cc1cc(O)cc(-c2nn(CCC#N)cc2-c2ccnc(N[C@H]3COC[C@@H]3O)n2)c1. The minimum absolute atomic E-state index is 0.155. The lowest BCUT2D eigenvalue weighted by molar-refractivity contribution is 0.125. The van der Waals surface area contributed by atoms with Crippen LogP contribution in [0.2, 0.25) is 0 Å². The topological polar surface area (TPSA) is 129 Å². The van der Waals surface area contributed by atoms with Gasteiger partial charge in [0.2, 0.25) is 5.95 Å². The maximum atomic E-state index is 10.0. The Morgan fingerprint density at radius 1 is 1.33 bits per heavy atom. The lowest BCUT2D eigenvalue weighted by atomic mass is 10.0. The molecule has 2 aromatic heterocycles. The summed E-state index contributed by atoms with van der Waals surface area (Å²) in [6, 6.07) is 8.90. The molecular formula is C21H22N6O3. The van der Waals surface area contributed by atoms with E-state index in [4.69, 9.17) is 10.00 Å². The third-order valence-corrected chi connectivity index (χ3v) is 4.85. The summed E-state index contributed by atoms with van der Waals surface area (Å²) in [6.45, 7) is 3.01. The Hall–Kier alpha value is -3.48. The van der Waals surface area contributed by atoms with Gasteiger partial charge in [-0.3, -0.25) is 4.68 Å². The molecule has 3 N–H and O–H groups in total. The fourth-order valence-electron chi connectivity index (χ4n) is 3.43. The second kappa shape index (κ2) is 8.49. The zero-order chi connectivity index (χ0) is 21.1. The molecule has 0 bridgehead atoms. The van der Waals surface area contributed by atoms with Crippen LogP contribution in [-0.4, -0.2) is 55.3 Å². The second-order valence-corrected chi connectivity index (χ2v) is 7.24. The molecule has 0 radical (unpaired) electrons. The molecule has 0 spiro atoms. The molecule has 9 nitrogen and oxygen atoms in total. The first-order valence-corrected chi connectivity index (χ1v) is 9.64. The van der Waals surface area contributed by atoms with Crippen molar-refractivity contribution in [2.24, 2.45) is 0 Å². The summed E-state index contributed by atoms with van der Waals surface area (Å²) < 4.78 is 6.97. The van der Waals surface area contributed by atoms with Crippen LogP contribution in [0.4, 0.5) is 5.95 Å². The molecule has 1 aliphatic rings. The number of hydrogen-bond donors (Lipinski definition) is 3. The summed E-state index contributed by atoms with van der Waals surface area (Å²) in [7, 11) is 0. The van der Waals surface area contributed by atoms with Gasteiger partial charge in [0.25, 0.3) is 0 Å². The van der Waals surface area contributed by atoms with Gasteiger partial charge in [-0.05, 0) is 36.8 Å². The summed E-state index contributed by atoms with van der Waals surface area (Å²) in [5.41, 5.74) is 3.71. The van der Waals surface area contributed by atoms with Gasteiger partial charge in [0, 0.05) is 23.5 Å². The van der Waals surface area contributed by atoms with E-state index in [1.165, 1.54) is 0 Å². The summed E-state index contributed by atoms with van der Waals surface area (Å²) >= 11 is 0. The Bertz CT molecular complexity index is 1070. The van der Waals surface area contributed by atoms with Crippen molar-refractivity contribution in [3.8, 4) is 34.3 Å². The normalized spacial score (nSPS) is 18.3. The van der Waals surface area contributed by atoms with Gasteiger partial charge in [0.05, 0.1) is 50.1 Å². The summed E-state index contributed by atoms with van der Waals surface area (Å²) in [6.07, 6.45) is 3.19. The molecule has 4 rings (SSSR count). The number of nitriles is 1. The number of nitrogens with one attached hydrogen (secondary N) is 1. The first-order valence-electron chi connectivity index (χ1n) is 9.64. The van der Waals surface area contributed by atoms with E-state index in [2.05, 4.69) is 26.5 Å². The smallest absolute Gasteiger partial charge is 0.223 e.